The predicted octanol–water partition coefficient (Wildman–Crippen LogP) is -3.68. The second kappa shape index (κ2) is 17.0. The van der Waals surface area contributed by atoms with Crippen LogP contribution in [-0.4, -0.2) is 77.9 Å². The molecule has 0 saturated carbocycles. The largest absolute Gasteiger partial charge is 0.480 e. The van der Waals surface area contributed by atoms with Gasteiger partial charge in [-0.1, -0.05) is 0 Å². The molecule has 0 rings (SSSR count). The molecule has 35 heavy (non-hydrogen) atoms. The van der Waals surface area contributed by atoms with Crippen LogP contribution in [0.5, 0.6) is 0 Å². The van der Waals surface area contributed by atoms with Crippen molar-refractivity contribution in [2.75, 3.05) is 13.1 Å². The Morgan fingerprint density at radius 1 is 0.800 bits per heavy atom. The Kier molecular flexibility index (Phi) is 15.4. The molecular formula is C20H39N9O6. The third kappa shape index (κ3) is 14.4. The van der Waals surface area contributed by atoms with Gasteiger partial charge in [0.15, 0.2) is 5.96 Å². The number of nitrogens with zero attached hydrogens (tertiary/aromatic N) is 1. The lowest BCUT2D eigenvalue weighted by molar-refractivity contribution is -0.142. The first-order valence-electron chi connectivity index (χ1n) is 11.3. The molecule has 0 fully saturated rings. The van der Waals surface area contributed by atoms with Gasteiger partial charge in [0, 0.05) is 13.0 Å². The minimum absolute atomic E-state index is 0.0486. The van der Waals surface area contributed by atoms with Crippen LogP contribution in [0.3, 0.4) is 0 Å². The van der Waals surface area contributed by atoms with E-state index < -0.39 is 53.8 Å². The predicted molar refractivity (Wildman–Crippen MR) is 128 cm³/mol. The van der Waals surface area contributed by atoms with E-state index in [-0.39, 0.29) is 44.6 Å². The van der Waals surface area contributed by atoms with Gasteiger partial charge in [-0.3, -0.25) is 24.2 Å². The SMILES string of the molecule is CC(N)C(=O)NC(CCC(N)=O)C(=O)NC(CCCCN)C(=O)NC(CCCN=C(N)N)C(=O)O. The number of unbranched alkanes of at least 4 members (excludes halogenated alkanes) is 1. The van der Waals surface area contributed by atoms with Gasteiger partial charge >= 0.3 is 5.97 Å². The number of rotatable bonds is 18. The first-order chi connectivity index (χ1) is 16.4. The summed E-state index contributed by atoms with van der Waals surface area (Å²) in [5.74, 6) is -4.18. The number of carbonyl (C=O) groups excluding carboxylic acids is 4. The molecule has 14 N–H and O–H groups in total. The van der Waals surface area contributed by atoms with Crippen molar-refractivity contribution in [2.45, 2.75) is 76.0 Å². The van der Waals surface area contributed by atoms with Crippen LogP contribution in [0.2, 0.25) is 0 Å². The van der Waals surface area contributed by atoms with E-state index in [1.54, 1.807) is 0 Å². The topological polar surface area (TPSA) is 284 Å². The number of primary amides is 1. The summed E-state index contributed by atoms with van der Waals surface area (Å²) in [6.07, 6.45) is 1.23. The van der Waals surface area contributed by atoms with E-state index in [4.69, 9.17) is 28.7 Å². The van der Waals surface area contributed by atoms with E-state index in [0.29, 0.717) is 19.4 Å². The Balaban J connectivity index is 5.44. The van der Waals surface area contributed by atoms with Gasteiger partial charge in [0.25, 0.3) is 0 Å². The first-order valence-corrected chi connectivity index (χ1v) is 11.3. The summed E-state index contributed by atoms with van der Waals surface area (Å²) in [5.41, 5.74) is 26.7. The van der Waals surface area contributed by atoms with Gasteiger partial charge < -0.3 is 49.7 Å². The molecule has 0 aromatic carbocycles. The van der Waals surface area contributed by atoms with Crippen LogP contribution in [-0.2, 0) is 24.0 Å². The number of hydrogen-bond donors (Lipinski definition) is 9. The van der Waals surface area contributed by atoms with Crippen molar-refractivity contribution in [3.63, 3.8) is 0 Å². The van der Waals surface area contributed by atoms with Gasteiger partial charge in [0.2, 0.25) is 23.6 Å². The fourth-order valence-electron chi connectivity index (χ4n) is 2.93. The molecule has 0 radical (unpaired) electrons. The molecule has 15 nitrogen and oxygen atoms in total. The maximum absolute atomic E-state index is 12.9. The lowest BCUT2D eigenvalue weighted by Gasteiger charge is -2.25. The maximum atomic E-state index is 12.9. The molecule has 0 saturated heterocycles. The first kappa shape index (κ1) is 31.5. The van der Waals surface area contributed by atoms with Crippen molar-refractivity contribution in [1.29, 1.82) is 0 Å². The highest BCUT2D eigenvalue weighted by molar-refractivity contribution is 5.94. The molecule has 0 aromatic heterocycles. The minimum atomic E-state index is -1.27. The van der Waals surface area contributed by atoms with Crippen LogP contribution in [0, 0.1) is 0 Å². The number of carbonyl (C=O) groups is 5. The zero-order valence-corrected chi connectivity index (χ0v) is 20.0. The number of carboxylic acids is 1. The average Bonchev–Trinajstić information content (AvgIpc) is 2.76. The lowest BCUT2D eigenvalue weighted by Crippen LogP contribution is -2.57. The quantitative estimate of drug-likeness (QED) is 0.0503. The Bertz CT molecular complexity index is 755. The fraction of sp³-hybridized carbons (Fsp3) is 0.700. The number of guanidine groups is 1. The summed E-state index contributed by atoms with van der Waals surface area (Å²) in [7, 11) is 0. The third-order valence-corrected chi connectivity index (χ3v) is 4.87. The van der Waals surface area contributed by atoms with Crippen molar-refractivity contribution in [3.8, 4) is 0 Å². The molecule has 4 amide bonds. The number of nitrogens with two attached hydrogens (primary N) is 5. The summed E-state index contributed by atoms with van der Waals surface area (Å²) in [5, 5.41) is 16.8. The molecule has 0 bridgehead atoms. The number of aliphatic imine (C=N–C) groups is 1. The molecule has 0 aliphatic heterocycles. The zero-order chi connectivity index (χ0) is 27.0. The van der Waals surface area contributed by atoms with Crippen LogP contribution in [0.15, 0.2) is 4.99 Å². The molecule has 4 atom stereocenters. The Morgan fingerprint density at radius 3 is 1.80 bits per heavy atom. The van der Waals surface area contributed by atoms with Crippen molar-refractivity contribution in [2.24, 2.45) is 33.7 Å². The van der Waals surface area contributed by atoms with Crippen LogP contribution >= 0.6 is 0 Å². The van der Waals surface area contributed by atoms with E-state index in [9.17, 15) is 29.1 Å². The van der Waals surface area contributed by atoms with Gasteiger partial charge in [-0.25, -0.2) is 4.79 Å². The van der Waals surface area contributed by atoms with Crippen molar-refractivity contribution < 1.29 is 29.1 Å². The molecule has 4 unspecified atom stereocenters. The second-order valence-corrected chi connectivity index (χ2v) is 8.05. The monoisotopic (exact) mass is 501 g/mol. The Morgan fingerprint density at radius 2 is 1.31 bits per heavy atom. The van der Waals surface area contributed by atoms with E-state index in [1.165, 1.54) is 6.92 Å². The molecule has 0 spiro atoms. The molecule has 0 aliphatic rings. The number of carboxylic acid groups (broad SMARTS) is 1. The molecule has 15 heteroatoms. The van der Waals surface area contributed by atoms with Gasteiger partial charge in [-0.15, -0.1) is 0 Å². The molecule has 200 valence electrons. The number of nitrogens with one attached hydrogen (secondary N) is 3. The molecule has 0 heterocycles. The highest BCUT2D eigenvalue weighted by atomic mass is 16.4. The van der Waals surface area contributed by atoms with E-state index in [2.05, 4.69) is 20.9 Å². The highest BCUT2D eigenvalue weighted by Gasteiger charge is 2.29. The summed E-state index contributed by atoms with van der Waals surface area (Å²) in [4.78, 5) is 64.3. The average molecular weight is 502 g/mol. The van der Waals surface area contributed by atoms with Gasteiger partial charge in [-0.2, -0.15) is 0 Å². The van der Waals surface area contributed by atoms with E-state index in [0.717, 1.165) is 0 Å². The van der Waals surface area contributed by atoms with Crippen molar-refractivity contribution >= 4 is 35.6 Å². The Labute approximate surface area is 204 Å². The van der Waals surface area contributed by atoms with Gasteiger partial charge in [0.05, 0.1) is 6.04 Å². The summed E-state index contributed by atoms with van der Waals surface area (Å²) < 4.78 is 0. The normalized spacial score (nSPS) is 14.0. The molecule has 0 aliphatic carbocycles. The fourth-order valence-corrected chi connectivity index (χ4v) is 2.93. The van der Waals surface area contributed by atoms with Crippen LogP contribution in [0.25, 0.3) is 0 Å². The maximum Gasteiger partial charge on any atom is 0.326 e. The second-order valence-electron chi connectivity index (χ2n) is 8.05. The number of aliphatic carboxylic acids is 1. The summed E-state index contributed by atoms with van der Waals surface area (Å²) in [6.45, 7) is 1.96. The molecule has 0 aromatic rings. The summed E-state index contributed by atoms with van der Waals surface area (Å²) >= 11 is 0. The van der Waals surface area contributed by atoms with Crippen molar-refractivity contribution in [3.05, 3.63) is 0 Å². The number of amides is 4. The van der Waals surface area contributed by atoms with Crippen LogP contribution in [0.4, 0.5) is 0 Å². The summed E-state index contributed by atoms with van der Waals surface area (Å²) in [6, 6.07) is -4.45. The standard InChI is InChI=1S/C20H39N9O6/c1-11(22)16(31)27-13(7-8-15(23)30)18(33)28-12(5-2-3-9-21)17(32)29-14(19(34)35)6-4-10-26-20(24)25/h11-14H,2-10,21-22H2,1H3,(H2,23,30)(H,27,31)(H,28,33)(H,29,32)(H,34,35)(H4,24,25,26). The molecular weight excluding hydrogens is 462 g/mol. The lowest BCUT2D eigenvalue weighted by atomic mass is 10.0. The van der Waals surface area contributed by atoms with E-state index >= 15 is 0 Å². The van der Waals surface area contributed by atoms with Crippen molar-refractivity contribution in [1.82, 2.24) is 16.0 Å². The van der Waals surface area contributed by atoms with Crippen LogP contribution in [0.1, 0.15) is 51.9 Å². The Hall–Kier alpha value is -3.46. The minimum Gasteiger partial charge on any atom is -0.480 e. The van der Waals surface area contributed by atoms with Gasteiger partial charge in [-0.05, 0) is 52.0 Å². The van der Waals surface area contributed by atoms with Crippen LogP contribution < -0.4 is 44.6 Å². The van der Waals surface area contributed by atoms with E-state index in [1.807, 2.05) is 0 Å². The highest BCUT2D eigenvalue weighted by Crippen LogP contribution is 2.06. The zero-order valence-electron chi connectivity index (χ0n) is 20.0. The smallest absolute Gasteiger partial charge is 0.326 e. The third-order valence-electron chi connectivity index (χ3n) is 4.87. The van der Waals surface area contributed by atoms with Gasteiger partial charge in [0.1, 0.15) is 18.1 Å². The number of hydrogen-bond acceptors (Lipinski definition) is 8.